The lowest BCUT2D eigenvalue weighted by atomic mass is 9.89. The van der Waals surface area contributed by atoms with Gasteiger partial charge in [-0.1, -0.05) is 85.7 Å². The SMILES string of the molecule is CC[Si](CC)(CC)O[C@@H]([C@@H](C)[C@H](CCOCc1ccccc1)O[Si](CC)(CC)CC)[C@@H](C)C=O. The predicted octanol–water partition coefficient (Wildman–Crippen LogP) is 7.85. The molecule has 0 amide bonds. The van der Waals surface area contributed by atoms with Crippen LogP contribution in [0, 0.1) is 11.8 Å². The van der Waals surface area contributed by atoms with Crippen molar-refractivity contribution in [2.24, 2.45) is 11.8 Å². The van der Waals surface area contributed by atoms with Gasteiger partial charge in [0.25, 0.3) is 0 Å². The van der Waals surface area contributed by atoms with Crippen molar-refractivity contribution in [1.82, 2.24) is 0 Å². The fourth-order valence-electron chi connectivity index (χ4n) is 4.99. The maximum absolute atomic E-state index is 12.0. The van der Waals surface area contributed by atoms with Crippen LogP contribution in [0.15, 0.2) is 30.3 Å². The van der Waals surface area contributed by atoms with E-state index in [0.29, 0.717) is 13.2 Å². The maximum Gasteiger partial charge on any atom is 0.192 e. The van der Waals surface area contributed by atoms with Gasteiger partial charge in [0.05, 0.1) is 18.8 Å². The van der Waals surface area contributed by atoms with Gasteiger partial charge in [-0.3, -0.25) is 0 Å². The molecule has 34 heavy (non-hydrogen) atoms. The highest BCUT2D eigenvalue weighted by atomic mass is 28.4. The number of rotatable bonds is 19. The summed E-state index contributed by atoms with van der Waals surface area (Å²) < 4.78 is 20.1. The molecule has 1 aromatic carbocycles. The smallest absolute Gasteiger partial charge is 0.192 e. The third-order valence-corrected chi connectivity index (χ3v) is 17.5. The Kier molecular flexibility index (Phi) is 14.7. The molecule has 1 rings (SSSR count). The third-order valence-electron chi connectivity index (χ3n) is 8.15. The van der Waals surface area contributed by atoms with Crippen molar-refractivity contribution in [3.05, 3.63) is 35.9 Å². The van der Waals surface area contributed by atoms with Crippen molar-refractivity contribution >= 4 is 22.9 Å². The van der Waals surface area contributed by atoms with Crippen LogP contribution in [0.25, 0.3) is 0 Å². The average molecular weight is 509 g/mol. The van der Waals surface area contributed by atoms with E-state index in [1.54, 1.807) is 0 Å². The Balaban J connectivity index is 3.11. The van der Waals surface area contributed by atoms with E-state index in [-0.39, 0.29) is 24.0 Å². The molecule has 0 aliphatic rings. The lowest BCUT2D eigenvalue weighted by molar-refractivity contribution is -0.115. The average Bonchev–Trinajstić information content (AvgIpc) is 2.89. The summed E-state index contributed by atoms with van der Waals surface area (Å²) in [5, 5.41) is 0. The van der Waals surface area contributed by atoms with Gasteiger partial charge in [-0.15, -0.1) is 0 Å². The second-order valence-electron chi connectivity index (χ2n) is 9.91. The Morgan fingerprint density at radius 3 is 1.76 bits per heavy atom. The fraction of sp³-hybridized carbons (Fsp3) is 0.750. The molecule has 0 saturated carbocycles. The molecule has 0 saturated heterocycles. The zero-order chi connectivity index (χ0) is 25.6. The van der Waals surface area contributed by atoms with E-state index >= 15 is 0 Å². The lowest BCUT2D eigenvalue weighted by Crippen LogP contribution is -2.50. The summed E-state index contributed by atoms with van der Waals surface area (Å²) in [5.74, 6) is -0.0163. The summed E-state index contributed by atoms with van der Waals surface area (Å²) >= 11 is 0. The quantitative estimate of drug-likeness (QED) is 0.108. The van der Waals surface area contributed by atoms with Crippen LogP contribution in [-0.2, 0) is 25.0 Å². The monoisotopic (exact) mass is 508 g/mol. The van der Waals surface area contributed by atoms with Crippen LogP contribution in [0.4, 0.5) is 0 Å². The summed E-state index contributed by atoms with van der Waals surface area (Å²) in [7, 11) is -3.70. The molecule has 0 N–H and O–H groups in total. The maximum atomic E-state index is 12.0. The first-order chi connectivity index (χ1) is 16.3. The zero-order valence-electron chi connectivity index (χ0n) is 23.3. The van der Waals surface area contributed by atoms with E-state index in [4.69, 9.17) is 13.6 Å². The number of benzene rings is 1. The number of hydrogen-bond acceptors (Lipinski definition) is 4. The van der Waals surface area contributed by atoms with Crippen LogP contribution in [0.1, 0.15) is 67.4 Å². The van der Waals surface area contributed by atoms with Crippen molar-refractivity contribution in [1.29, 1.82) is 0 Å². The normalized spacial score (nSPS) is 16.1. The molecule has 196 valence electrons. The number of carbonyl (C=O) groups is 1. The minimum atomic E-state index is -1.87. The minimum Gasteiger partial charge on any atom is -0.413 e. The molecule has 0 aliphatic carbocycles. The summed E-state index contributed by atoms with van der Waals surface area (Å²) in [6, 6.07) is 16.9. The Morgan fingerprint density at radius 1 is 0.794 bits per heavy atom. The molecule has 1 aromatic rings. The van der Waals surface area contributed by atoms with E-state index in [1.807, 2.05) is 25.1 Å². The summed E-state index contributed by atoms with van der Waals surface area (Å²) in [4.78, 5) is 12.0. The first-order valence-electron chi connectivity index (χ1n) is 13.7. The van der Waals surface area contributed by atoms with E-state index in [0.717, 1.165) is 49.0 Å². The lowest BCUT2D eigenvalue weighted by Gasteiger charge is -2.43. The largest absolute Gasteiger partial charge is 0.413 e. The Hall–Kier alpha value is -0.796. The highest BCUT2D eigenvalue weighted by Crippen LogP contribution is 2.34. The van der Waals surface area contributed by atoms with Crippen LogP contribution in [0.3, 0.4) is 0 Å². The summed E-state index contributed by atoms with van der Waals surface area (Å²) in [6.07, 6.45) is 1.83. The second-order valence-corrected chi connectivity index (χ2v) is 19.4. The summed E-state index contributed by atoms with van der Waals surface area (Å²) in [6.45, 7) is 19.1. The first kappa shape index (κ1) is 31.2. The van der Waals surface area contributed by atoms with Gasteiger partial charge >= 0.3 is 0 Å². The summed E-state index contributed by atoms with van der Waals surface area (Å²) in [5.41, 5.74) is 1.19. The molecule has 0 aliphatic heterocycles. The first-order valence-corrected chi connectivity index (χ1v) is 18.8. The van der Waals surface area contributed by atoms with Crippen molar-refractivity contribution < 1.29 is 18.4 Å². The van der Waals surface area contributed by atoms with Crippen molar-refractivity contribution in [2.45, 2.75) is 117 Å². The molecule has 0 fully saturated rings. The Morgan fingerprint density at radius 2 is 1.29 bits per heavy atom. The van der Waals surface area contributed by atoms with Gasteiger partial charge in [0.1, 0.15) is 6.29 Å². The van der Waals surface area contributed by atoms with Crippen molar-refractivity contribution in [3.8, 4) is 0 Å². The van der Waals surface area contributed by atoms with Crippen molar-refractivity contribution in [2.75, 3.05) is 6.61 Å². The Labute approximate surface area is 212 Å². The Bertz CT molecular complexity index is 645. The van der Waals surface area contributed by atoms with Gasteiger partial charge < -0.3 is 18.4 Å². The molecular formula is C28H52O4Si2. The zero-order valence-corrected chi connectivity index (χ0v) is 25.3. The molecule has 0 unspecified atom stereocenters. The molecule has 0 spiro atoms. The molecular weight excluding hydrogens is 456 g/mol. The number of carbonyl (C=O) groups excluding carboxylic acids is 1. The molecule has 4 nitrogen and oxygen atoms in total. The minimum absolute atomic E-state index is 0.0342. The van der Waals surface area contributed by atoms with E-state index < -0.39 is 16.6 Å². The standard InChI is InChI=1S/C28H52O4Si2/c1-9-33(10-2,11-3)31-27(20-21-30-23-26-18-16-15-17-19-26)25(8)28(24(7)22-29)32-34(12-4,13-5)14-6/h15-19,22,24-25,27-28H,9-14,20-21,23H2,1-8H3/t24-,25-,27-,28+/m0/s1. The topological polar surface area (TPSA) is 44.8 Å². The molecule has 0 heterocycles. The van der Waals surface area contributed by atoms with Crippen LogP contribution in [-0.4, -0.2) is 41.7 Å². The van der Waals surface area contributed by atoms with Gasteiger partial charge in [0.2, 0.25) is 0 Å². The van der Waals surface area contributed by atoms with Crippen LogP contribution in [0.2, 0.25) is 36.3 Å². The van der Waals surface area contributed by atoms with Crippen molar-refractivity contribution in [3.63, 3.8) is 0 Å². The predicted molar refractivity (Wildman–Crippen MR) is 149 cm³/mol. The molecule has 0 bridgehead atoms. The van der Waals surface area contributed by atoms with E-state index in [2.05, 4.69) is 60.6 Å². The molecule has 0 aromatic heterocycles. The van der Waals surface area contributed by atoms with Gasteiger partial charge in [-0.2, -0.15) is 0 Å². The third kappa shape index (κ3) is 9.01. The highest BCUT2D eigenvalue weighted by Gasteiger charge is 2.41. The number of ether oxygens (including phenoxy) is 1. The molecule has 4 atom stereocenters. The van der Waals surface area contributed by atoms with Gasteiger partial charge in [-0.05, 0) is 48.2 Å². The highest BCUT2D eigenvalue weighted by molar-refractivity contribution is 6.74. The van der Waals surface area contributed by atoms with Crippen LogP contribution in [0.5, 0.6) is 0 Å². The van der Waals surface area contributed by atoms with E-state index in [1.165, 1.54) is 5.56 Å². The van der Waals surface area contributed by atoms with Gasteiger partial charge in [0.15, 0.2) is 16.6 Å². The van der Waals surface area contributed by atoms with E-state index in [9.17, 15) is 4.79 Å². The molecule has 6 heteroatoms. The number of hydrogen-bond donors (Lipinski definition) is 0. The van der Waals surface area contributed by atoms with Gasteiger partial charge in [0, 0.05) is 18.4 Å². The fourth-order valence-corrected chi connectivity index (χ4v) is 11.0. The second kappa shape index (κ2) is 16.0. The number of aldehydes is 1. The van der Waals surface area contributed by atoms with Crippen LogP contribution >= 0.6 is 0 Å². The van der Waals surface area contributed by atoms with Gasteiger partial charge in [-0.25, -0.2) is 0 Å². The van der Waals surface area contributed by atoms with Crippen LogP contribution < -0.4 is 0 Å². The molecule has 0 radical (unpaired) electrons.